The number of nitrogens with one attached hydrogen (secondary N) is 1. The van der Waals surface area contributed by atoms with E-state index in [2.05, 4.69) is 16.9 Å². The molecule has 0 radical (unpaired) electrons. The average molecular weight is 153 g/mol. The van der Waals surface area contributed by atoms with Crippen LogP contribution in [0.4, 0.5) is 0 Å². The van der Waals surface area contributed by atoms with Gasteiger partial charge in [-0.2, -0.15) is 0 Å². The summed E-state index contributed by atoms with van der Waals surface area (Å²) in [6.45, 7) is 9.46. The van der Waals surface area contributed by atoms with E-state index in [0.717, 1.165) is 5.57 Å². The van der Waals surface area contributed by atoms with Crippen molar-refractivity contribution < 1.29 is 0 Å². The van der Waals surface area contributed by atoms with Crippen LogP contribution in [-0.4, -0.2) is 5.84 Å². The third-order valence-electron chi connectivity index (χ3n) is 1.11. The predicted octanol–water partition coefficient (Wildman–Crippen LogP) is 1.35. The molecule has 0 unspecified atom stereocenters. The van der Waals surface area contributed by atoms with Crippen LogP contribution in [0.5, 0.6) is 0 Å². The second-order valence-electron chi connectivity index (χ2n) is 1.92. The van der Waals surface area contributed by atoms with Crippen LogP contribution in [0.1, 0.15) is 20.8 Å². The number of hydrogen-bond donors (Lipinski definition) is 2. The topological polar surface area (TPSA) is 50.4 Å². The molecule has 62 valence electrons. The smallest absolute Gasteiger partial charge is 0.130 e. The molecule has 0 amide bonds. The molecule has 3 heteroatoms. The first-order valence-corrected chi connectivity index (χ1v) is 3.67. The van der Waals surface area contributed by atoms with Crippen LogP contribution in [0.15, 0.2) is 29.2 Å². The Bertz CT molecular complexity index is 201. The van der Waals surface area contributed by atoms with Gasteiger partial charge in [0.15, 0.2) is 0 Å². The van der Waals surface area contributed by atoms with Gasteiger partial charge < -0.3 is 11.1 Å². The van der Waals surface area contributed by atoms with Gasteiger partial charge in [0.1, 0.15) is 11.7 Å². The van der Waals surface area contributed by atoms with Crippen molar-refractivity contribution in [1.29, 1.82) is 0 Å². The van der Waals surface area contributed by atoms with Crippen molar-refractivity contribution in [2.24, 2.45) is 10.7 Å². The minimum atomic E-state index is 0.541. The molecular formula is C8H15N3. The van der Waals surface area contributed by atoms with E-state index < -0.39 is 0 Å². The molecule has 1 aliphatic rings. The Kier molecular flexibility index (Phi) is 4.03. The normalized spacial score (nSPS) is 15.4. The van der Waals surface area contributed by atoms with E-state index in [-0.39, 0.29) is 0 Å². The Balaban J connectivity index is 0.000000461. The minimum absolute atomic E-state index is 0.541. The second kappa shape index (κ2) is 4.55. The van der Waals surface area contributed by atoms with Gasteiger partial charge in [-0.3, -0.25) is 0 Å². The molecule has 0 aliphatic carbocycles. The summed E-state index contributed by atoms with van der Waals surface area (Å²) in [6, 6.07) is 0. The number of aliphatic imine (C=N–C) groups is 1. The molecule has 1 rings (SSSR count). The molecule has 0 bridgehead atoms. The lowest BCUT2D eigenvalue weighted by atomic mass is 10.3. The van der Waals surface area contributed by atoms with Gasteiger partial charge in [0.25, 0.3) is 0 Å². The SMILES string of the molecule is C=C1N=C(N)C(C)=CN1.CC. The molecule has 1 aliphatic heterocycles. The highest BCUT2D eigenvalue weighted by atomic mass is 15.1. The largest absolute Gasteiger partial charge is 0.383 e. The fraction of sp³-hybridized carbons (Fsp3) is 0.375. The van der Waals surface area contributed by atoms with Crippen LogP contribution < -0.4 is 11.1 Å². The van der Waals surface area contributed by atoms with E-state index in [4.69, 9.17) is 5.73 Å². The number of nitrogens with two attached hydrogens (primary N) is 1. The summed E-state index contributed by atoms with van der Waals surface area (Å²) in [7, 11) is 0. The predicted molar refractivity (Wildman–Crippen MR) is 49.0 cm³/mol. The van der Waals surface area contributed by atoms with Crippen molar-refractivity contribution in [2.75, 3.05) is 0 Å². The first-order valence-electron chi connectivity index (χ1n) is 3.67. The maximum atomic E-state index is 5.45. The first kappa shape index (κ1) is 9.75. The van der Waals surface area contributed by atoms with Crippen molar-refractivity contribution in [2.45, 2.75) is 20.8 Å². The molecule has 0 spiro atoms. The molecule has 0 fully saturated rings. The van der Waals surface area contributed by atoms with E-state index in [1.807, 2.05) is 20.8 Å². The standard InChI is InChI=1S/C6H9N3.C2H6/c1-4-3-8-5(2)9-6(4)7;1-2/h3,8H,2H2,1H3,(H2,7,9);1-2H3. The van der Waals surface area contributed by atoms with Gasteiger partial charge in [0.2, 0.25) is 0 Å². The van der Waals surface area contributed by atoms with E-state index in [9.17, 15) is 0 Å². The molecule has 3 nitrogen and oxygen atoms in total. The summed E-state index contributed by atoms with van der Waals surface area (Å²) < 4.78 is 0. The molecule has 1 heterocycles. The van der Waals surface area contributed by atoms with Crippen LogP contribution in [-0.2, 0) is 0 Å². The van der Waals surface area contributed by atoms with Crippen LogP contribution in [0, 0.1) is 0 Å². The zero-order chi connectivity index (χ0) is 8.85. The molecule has 0 aromatic heterocycles. The van der Waals surface area contributed by atoms with E-state index in [1.165, 1.54) is 0 Å². The number of amidine groups is 1. The van der Waals surface area contributed by atoms with Gasteiger partial charge in [-0.05, 0) is 6.92 Å². The zero-order valence-electron chi connectivity index (χ0n) is 7.31. The fourth-order valence-electron chi connectivity index (χ4n) is 0.531. The van der Waals surface area contributed by atoms with Crippen molar-refractivity contribution in [1.82, 2.24) is 5.32 Å². The van der Waals surface area contributed by atoms with Crippen LogP contribution >= 0.6 is 0 Å². The van der Waals surface area contributed by atoms with Gasteiger partial charge in [0.05, 0.1) is 0 Å². The minimum Gasteiger partial charge on any atom is -0.383 e. The molecule has 0 aromatic carbocycles. The van der Waals surface area contributed by atoms with Crippen molar-refractivity contribution in [3.05, 3.63) is 24.2 Å². The summed E-state index contributed by atoms with van der Waals surface area (Å²) >= 11 is 0. The maximum absolute atomic E-state index is 5.45. The lowest BCUT2D eigenvalue weighted by Gasteiger charge is -2.09. The summed E-state index contributed by atoms with van der Waals surface area (Å²) in [5.74, 6) is 1.14. The molecule has 0 atom stereocenters. The summed E-state index contributed by atoms with van der Waals surface area (Å²) in [4.78, 5) is 3.88. The van der Waals surface area contributed by atoms with E-state index >= 15 is 0 Å². The van der Waals surface area contributed by atoms with Crippen LogP contribution in [0.2, 0.25) is 0 Å². The summed E-state index contributed by atoms with van der Waals surface area (Å²) in [5, 5.41) is 2.84. The van der Waals surface area contributed by atoms with E-state index in [0.29, 0.717) is 11.7 Å². The number of rotatable bonds is 0. The Labute approximate surface area is 67.7 Å². The van der Waals surface area contributed by atoms with Crippen LogP contribution in [0.25, 0.3) is 0 Å². The fourth-order valence-corrected chi connectivity index (χ4v) is 0.531. The molecule has 11 heavy (non-hydrogen) atoms. The molecule has 0 aromatic rings. The number of nitrogens with zero attached hydrogens (tertiary/aromatic N) is 1. The van der Waals surface area contributed by atoms with Gasteiger partial charge in [-0.15, -0.1) is 0 Å². The molecule has 0 saturated carbocycles. The monoisotopic (exact) mass is 153 g/mol. The highest BCUT2D eigenvalue weighted by Gasteiger charge is 2.01. The highest BCUT2D eigenvalue weighted by molar-refractivity contribution is 5.97. The lowest BCUT2D eigenvalue weighted by molar-refractivity contribution is 1.00. The van der Waals surface area contributed by atoms with Gasteiger partial charge in [-0.25, -0.2) is 4.99 Å². The van der Waals surface area contributed by atoms with Crippen molar-refractivity contribution in [3.8, 4) is 0 Å². The quantitative estimate of drug-likeness (QED) is 0.552. The van der Waals surface area contributed by atoms with Gasteiger partial charge >= 0.3 is 0 Å². The third kappa shape index (κ3) is 2.89. The average Bonchev–Trinajstić information content (AvgIpc) is 2.02. The summed E-state index contributed by atoms with van der Waals surface area (Å²) in [6.07, 6.45) is 1.78. The first-order chi connectivity index (χ1) is 5.20. The summed E-state index contributed by atoms with van der Waals surface area (Å²) in [5.41, 5.74) is 6.40. The lowest BCUT2D eigenvalue weighted by Crippen LogP contribution is -2.21. The third-order valence-corrected chi connectivity index (χ3v) is 1.11. The van der Waals surface area contributed by atoms with Gasteiger partial charge in [0, 0.05) is 11.8 Å². The van der Waals surface area contributed by atoms with Gasteiger partial charge in [-0.1, -0.05) is 20.4 Å². The maximum Gasteiger partial charge on any atom is 0.130 e. The molecular weight excluding hydrogens is 138 g/mol. The van der Waals surface area contributed by atoms with Crippen molar-refractivity contribution in [3.63, 3.8) is 0 Å². The molecule has 3 N–H and O–H groups in total. The molecule has 0 saturated heterocycles. The highest BCUT2D eigenvalue weighted by Crippen LogP contribution is 2.00. The van der Waals surface area contributed by atoms with E-state index in [1.54, 1.807) is 6.20 Å². The Morgan fingerprint density at radius 1 is 1.55 bits per heavy atom. The van der Waals surface area contributed by atoms with Crippen LogP contribution in [0.3, 0.4) is 0 Å². The zero-order valence-corrected chi connectivity index (χ0v) is 7.31. The Morgan fingerprint density at radius 2 is 2.09 bits per heavy atom. The Morgan fingerprint density at radius 3 is 2.45 bits per heavy atom. The number of hydrogen-bond acceptors (Lipinski definition) is 3. The second-order valence-corrected chi connectivity index (χ2v) is 1.92. The Hall–Kier alpha value is -1.25. The van der Waals surface area contributed by atoms with Crippen molar-refractivity contribution >= 4 is 5.84 Å².